The zero-order valence-electron chi connectivity index (χ0n) is 16.1. The van der Waals surface area contributed by atoms with Gasteiger partial charge in [-0.2, -0.15) is 0 Å². The maximum Gasteiger partial charge on any atom is 0.119 e. The normalized spacial score (nSPS) is 40.8. The van der Waals surface area contributed by atoms with Crippen LogP contribution in [-0.2, 0) is 6.42 Å². The molecule has 4 rings (SSSR count). The summed E-state index contributed by atoms with van der Waals surface area (Å²) in [6.07, 6.45) is 8.12. The van der Waals surface area contributed by atoms with Crippen molar-refractivity contribution in [2.45, 2.75) is 63.8 Å². The molecule has 132 valence electrons. The number of rotatable bonds is 2. The summed E-state index contributed by atoms with van der Waals surface area (Å²) in [5.41, 5.74) is 4.02. The Morgan fingerprint density at radius 1 is 1.08 bits per heavy atom. The van der Waals surface area contributed by atoms with E-state index in [1.165, 1.54) is 38.5 Å². The summed E-state index contributed by atoms with van der Waals surface area (Å²) in [5, 5.41) is 0. The van der Waals surface area contributed by atoms with Gasteiger partial charge >= 0.3 is 0 Å². The predicted molar refractivity (Wildman–Crippen MR) is 99.7 cm³/mol. The maximum absolute atomic E-state index is 5.45. The van der Waals surface area contributed by atoms with Crippen LogP contribution < -0.4 is 4.74 Å². The summed E-state index contributed by atoms with van der Waals surface area (Å²) in [7, 11) is 6.37. The van der Waals surface area contributed by atoms with Crippen molar-refractivity contribution in [2.75, 3.05) is 21.2 Å². The Hall–Kier alpha value is -1.02. The molecule has 5 atom stereocenters. The van der Waals surface area contributed by atoms with E-state index < -0.39 is 0 Å². The van der Waals surface area contributed by atoms with Crippen molar-refractivity contribution in [3.63, 3.8) is 0 Å². The fourth-order valence-corrected chi connectivity index (χ4v) is 6.66. The highest BCUT2D eigenvalue weighted by Gasteiger charge is 2.60. The molecular formula is C22H33NO. The van der Waals surface area contributed by atoms with Gasteiger partial charge in [0.2, 0.25) is 0 Å². The molecule has 0 radical (unpaired) electrons. The molecule has 1 aromatic carbocycles. The molecule has 2 nitrogen and oxygen atoms in total. The molecule has 24 heavy (non-hydrogen) atoms. The van der Waals surface area contributed by atoms with Crippen molar-refractivity contribution in [3.8, 4) is 5.75 Å². The first-order valence-corrected chi connectivity index (χ1v) is 9.75. The number of methoxy groups -OCH3 is 1. The van der Waals surface area contributed by atoms with E-state index in [0.29, 0.717) is 11.0 Å². The molecule has 0 N–H and O–H groups in total. The second-order valence-corrected chi connectivity index (χ2v) is 9.14. The topological polar surface area (TPSA) is 12.5 Å². The van der Waals surface area contributed by atoms with Crippen LogP contribution in [-0.4, -0.2) is 31.6 Å². The number of hydrogen-bond donors (Lipinski definition) is 0. The third-order valence-corrected chi connectivity index (χ3v) is 8.48. The highest BCUT2D eigenvalue weighted by Crippen LogP contribution is 2.65. The molecule has 0 amide bonds. The van der Waals surface area contributed by atoms with Gasteiger partial charge in [0.15, 0.2) is 0 Å². The fourth-order valence-electron chi connectivity index (χ4n) is 6.66. The molecule has 3 aliphatic rings. The summed E-state index contributed by atoms with van der Waals surface area (Å²) >= 11 is 0. The summed E-state index contributed by atoms with van der Waals surface area (Å²) in [4.78, 5) is 2.52. The van der Waals surface area contributed by atoms with Crippen LogP contribution in [0.2, 0.25) is 0 Å². The summed E-state index contributed by atoms with van der Waals surface area (Å²) in [6.45, 7) is 5.12. The average molecular weight is 328 g/mol. The van der Waals surface area contributed by atoms with E-state index in [1.54, 1.807) is 18.2 Å². The van der Waals surface area contributed by atoms with E-state index in [0.717, 1.165) is 23.5 Å². The minimum atomic E-state index is 0.364. The molecule has 2 heteroatoms. The van der Waals surface area contributed by atoms with Crippen LogP contribution in [0.15, 0.2) is 18.2 Å². The first-order chi connectivity index (χ1) is 11.4. The molecule has 0 spiro atoms. The number of fused-ring (bicyclic) bond motifs is 5. The van der Waals surface area contributed by atoms with Gasteiger partial charge in [-0.25, -0.2) is 0 Å². The van der Waals surface area contributed by atoms with E-state index in [4.69, 9.17) is 4.74 Å². The van der Waals surface area contributed by atoms with Crippen LogP contribution in [0, 0.1) is 17.3 Å². The first kappa shape index (κ1) is 16.4. The molecule has 2 fully saturated rings. The molecule has 5 unspecified atom stereocenters. The van der Waals surface area contributed by atoms with E-state index in [9.17, 15) is 0 Å². The van der Waals surface area contributed by atoms with Crippen molar-refractivity contribution < 1.29 is 4.74 Å². The number of ether oxygens (including phenoxy) is 1. The van der Waals surface area contributed by atoms with E-state index >= 15 is 0 Å². The minimum absolute atomic E-state index is 0.364. The van der Waals surface area contributed by atoms with Gasteiger partial charge in [-0.15, -0.1) is 0 Å². The van der Waals surface area contributed by atoms with Gasteiger partial charge in [0.05, 0.1) is 7.11 Å². The van der Waals surface area contributed by atoms with Crippen molar-refractivity contribution in [1.82, 2.24) is 4.90 Å². The zero-order chi connectivity index (χ0) is 17.1. The Labute approximate surface area is 147 Å². The zero-order valence-corrected chi connectivity index (χ0v) is 16.1. The van der Waals surface area contributed by atoms with E-state index in [1.807, 2.05) is 0 Å². The molecule has 0 bridgehead atoms. The molecule has 2 saturated carbocycles. The van der Waals surface area contributed by atoms with Gasteiger partial charge in [-0.05, 0) is 106 Å². The van der Waals surface area contributed by atoms with Crippen molar-refractivity contribution in [1.29, 1.82) is 0 Å². The van der Waals surface area contributed by atoms with Crippen LogP contribution in [0.25, 0.3) is 0 Å². The van der Waals surface area contributed by atoms with Crippen LogP contribution in [0.5, 0.6) is 5.75 Å². The molecule has 1 aromatic rings. The largest absolute Gasteiger partial charge is 0.497 e. The number of benzene rings is 1. The van der Waals surface area contributed by atoms with Gasteiger partial charge in [-0.1, -0.05) is 13.0 Å². The maximum atomic E-state index is 5.45. The lowest BCUT2D eigenvalue weighted by Gasteiger charge is -2.56. The Kier molecular flexibility index (Phi) is 3.76. The Morgan fingerprint density at radius 2 is 1.88 bits per heavy atom. The van der Waals surface area contributed by atoms with Gasteiger partial charge < -0.3 is 9.64 Å². The summed E-state index contributed by atoms with van der Waals surface area (Å²) < 4.78 is 5.45. The van der Waals surface area contributed by atoms with Crippen LogP contribution in [0.1, 0.15) is 63.0 Å². The molecule has 0 aromatic heterocycles. The second-order valence-electron chi connectivity index (χ2n) is 9.14. The van der Waals surface area contributed by atoms with Crippen LogP contribution in [0.4, 0.5) is 0 Å². The average Bonchev–Trinajstić information content (AvgIpc) is 2.87. The summed E-state index contributed by atoms with van der Waals surface area (Å²) in [5.74, 6) is 3.57. The van der Waals surface area contributed by atoms with Gasteiger partial charge in [-0.3, -0.25) is 0 Å². The Morgan fingerprint density at radius 3 is 2.58 bits per heavy atom. The highest BCUT2D eigenvalue weighted by molar-refractivity contribution is 5.41. The third kappa shape index (κ3) is 2.05. The Bertz CT molecular complexity index is 639. The minimum Gasteiger partial charge on any atom is -0.497 e. The fraction of sp³-hybridized carbons (Fsp3) is 0.727. The molecule has 0 heterocycles. The third-order valence-electron chi connectivity index (χ3n) is 8.48. The van der Waals surface area contributed by atoms with E-state index in [-0.39, 0.29) is 0 Å². The second kappa shape index (κ2) is 5.49. The lowest BCUT2D eigenvalue weighted by atomic mass is 9.52. The van der Waals surface area contributed by atoms with Crippen LogP contribution in [0.3, 0.4) is 0 Å². The number of nitrogens with zero attached hydrogens (tertiary/aromatic N) is 1. The number of hydrogen-bond acceptors (Lipinski definition) is 2. The molecular weight excluding hydrogens is 294 g/mol. The standard InChI is InChI=1S/C22H33NO/c1-21-12-10-18-17-9-7-16(24-5)14-15(17)6-8-19(18)20(21)11-13-22(21,2)23(3)4/h7,9,14,18-20H,6,8,10-13H2,1-5H3. The van der Waals surface area contributed by atoms with Gasteiger partial charge in [0.1, 0.15) is 5.75 Å². The first-order valence-electron chi connectivity index (χ1n) is 9.75. The lowest BCUT2D eigenvalue weighted by Crippen LogP contribution is -2.55. The summed E-state index contributed by atoms with van der Waals surface area (Å²) in [6, 6.07) is 6.83. The smallest absolute Gasteiger partial charge is 0.119 e. The predicted octanol–water partition coefficient (Wildman–Crippen LogP) is 4.87. The number of aryl methyl sites for hydroxylation is 1. The van der Waals surface area contributed by atoms with E-state index in [2.05, 4.69) is 51.0 Å². The lowest BCUT2D eigenvalue weighted by molar-refractivity contribution is -0.0364. The SMILES string of the molecule is COc1ccc2c(c1)CCC1C2CCC2(C)C1CCC2(C)N(C)C. The van der Waals surface area contributed by atoms with Crippen molar-refractivity contribution in [2.24, 2.45) is 17.3 Å². The molecule has 3 aliphatic carbocycles. The monoisotopic (exact) mass is 327 g/mol. The van der Waals surface area contributed by atoms with Crippen molar-refractivity contribution in [3.05, 3.63) is 29.3 Å². The van der Waals surface area contributed by atoms with Gasteiger partial charge in [0, 0.05) is 5.54 Å². The van der Waals surface area contributed by atoms with Crippen molar-refractivity contribution >= 4 is 0 Å². The molecule has 0 aliphatic heterocycles. The van der Waals surface area contributed by atoms with Gasteiger partial charge in [0.25, 0.3) is 0 Å². The quantitative estimate of drug-likeness (QED) is 0.768. The Balaban J connectivity index is 1.68. The highest BCUT2D eigenvalue weighted by atomic mass is 16.5. The van der Waals surface area contributed by atoms with Crippen LogP contribution >= 0.6 is 0 Å². The molecule has 0 saturated heterocycles.